The average Bonchev–Trinajstić information content (AvgIpc) is 2.42. The standard InChI is InChI=1S/C15H20Cl2N2O2/c1-5-9(2)18-13(20)15(3,4)14(21)19-12-8-10(16)6-7-11(12)17/h6-9H,5H2,1-4H3,(H,18,20)(H,19,21). The number of carbonyl (C=O) groups excluding carboxylic acids is 2. The van der Waals surface area contributed by atoms with Crippen molar-refractivity contribution in [3.63, 3.8) is 0 Å². The molecular formula is C15H20Cl2N2O2. The maximum atomic E-state index is 12.3. The zero-order chi connectivity index (χ0) is 16.2. The van der Waals surface area contributed by atoms with E-state index in [1.165, 1.54) is 0 Å². The Morgan fingerprint density at radius 1 is 1.24 bits per heavy atom. The molecule has 21 heavy (non-hydrogen) atoms. The molecule has 0 spiro atoms. The summed E-state index contributed by atoms with van der Waals surface area (Å²) in [5.74, 6) is -0.764. The predicted octanol–water partition coefficient (Wildman–Crippen LogP) is 3.87. The Hall–Kier alpha value is -1.26. The lowest BCUT2D eigenvalue weighted by molar-refractivity contribution is -0.138. The van der Waals surface area contributed by atoms with Crippen LogP contribution in [0.5, 0.6) is 0 Å². The van der Waals surface area contributed by atoms with Gasteiger partial charge >= 0.3 is 0 Å². The second-order valence-corrected chi connectivity index (χ2v) is 6.33. The van der Waals surface area contributed by atoms with E-state index in [9.17, 15) is 9.59 Å². The average molecular weight is 331 g/mol. The Bertz CT molecular complexity index is 544. The highest BCUT2D eigenvalue weighted by Crippen LogP contribution is 2.27. The van der Waals surface area contributed by atoms with Crippen molar-refractivity contribution >= 4 is 40.7 Å². The first-order valence-electron chi connectivity index (χ1n) is 6.76. The third kappa shape index (κ3) is 4.61. The molecule has 0 saturated heterocycles. The number of hydrogen-bond donors (Lipinski definition) is 2. The summed E-state index contributed by atoms with van der Waals surface area (Å²) < 4.78 is 0. The normalized spacial score (nSPS) is 12.7. The molecule has 0 aliphatic heterocycles. The lowest BCUT2D eigenvalue weighted by Gasteiger charge is -2.25. The maximum absolute atomic E-state index is 12.3. The van der Waals surface area contributed by atoms with Crippen LogP contribution in [0.3, 0.4) is 0 Å². The Kier molecular flexibility index (Phi) is 6.05. The number of rotatable bonds is 5. The third-order valence-electron chi connectivity index (χ3n) is 3.30. The van der Waals surface area contributed by atoms with Crippen LogP contribution in [0.1, 0.15) is 34.1 Å². The van der Waals surface area contributed by atoms with Crippen LogP contribution in [0, 0.1) is 5.41 Å². The van der Waals surface area contributed by atoms with E-state index < -0.39 is 11.3 Å². The van der Waals surface area contributed by atoms with Gasteiger partial charge in [0.2, 0.25) is 11.8 Å². The zero-order valence-corrected chi connectivity index (χ0v) is 14.1. The first-order chi connectivity index (χ1) is 9.68. The van der Waals surface area contributed by atoms with E-state index in [0.29, 0.717) is 15.7 Å². The fourth-order valence-corrected chi connectivity index (χ4v) is 1.82. The fourth-order valence-electron chi connectivity index (χ4n) is 1.48. The molecule has 0 aromatic heterocycles. The Morgan fingerprint density at radius 2 is 1.86 bits per heavy atom. The zero-order valence-electron chi connectivity index (χ0n) is 12.6. The second kappa shape index (κ2) is 7.14. The maximum Gasteiger partial charge on any atom is 0.239 e. The van der Waals surface area contributed by atoms with Crippen LogP contribution in [0.4, 0.5) is 5.69 Å². The van der Waals surface area contributed by atoms with Crippen molar-refractivity contribution < 1.29 is 9.59 Å². The van der Waals surface area contributed by atoms with Gasteiger partial charge < -0.3 is 10.6 Å². The van der Waals surface area contributed by atoms with Crippen LogP contribution in [0.2, 0.25) is 10.0 Å². The van der Waals surface area contributed by atoms with Crippen LogP contribution in [-0.2, 0) is 9.59 Å². The van der Waals surface area contributed by atoms with E-state index in [2.05, 4.69) is 10.6 Å². The molecule has 1 rings (SSSR count). The van der Waals surface area contributed by atoms with E-state index in [1.807, 2.05) is 13.8 Å². The van der Waals surface area contributed by atoms with Crippen LogP contribution >= 0.6 is 23.2 Å². The molecule has 1 aromatic carbocycles. The van der Waals surface area contributed by atoms with E-state index in [0.717, 1.165) is 6.42 Å². The lowest BCUT2D eigenvalue weighted by atomic mass is 9.90. The topological polar surface area (TPSA) is 58.2 Å². The highest BCUT2D eigenvalue weighted by molar-refractivity contribution is 6.35. The number of amides is 2. The summed E-state index contributed by atoms with van der Waals surface area (Å²) in [5, 5.41) is 6.27. The molecule has 1 atom stereocenters. The van der Waals surface area contributed by atoms with Crippen molar-refractivity contribution in [2.45, 2.75) is 40.2 Å². The van der Waals surface area contributed by atoms with Crippen molar-refractivity contribution in [3.05, 3.63) is 28.2 Å². The van der Waals surface area contributed by atoms with Crippen LogP contribution < -0.4 is 10.6 Å². The molecule has 0 saturated carbocycles. The molecule has 2 N–H and O–H groups in total. The van der Waals surface area contributed by atoms with E-state index >= 15 is 0 Å². The molecule has 0 fully saturated rings. The summed E-state index contributed by atoms with van der Waals surface area (Å²) in [7, 11) is 0. The molecule has 6 heteroatoms. The van der Waals surface area contributed by atoms with Gasteiger partial charge in [-0.2, -0.15) is 0 Å². The third-order valence-corrected chi connectivity index (χ3v) is 3.87. The van der Waals surface area contributed by atoms with Gasteiger partial charge in [0.15, 0.2) is 0 Å². The van der Waals surface area contributed by atoms with Crippen molar-refractivity contribution in [2.75, 3.05) is 5.32 Å². The number of carbonyl (C=O) groups is 2. The minimum atomic E-state index is -1.21. The Morgan fingerprint density at radius 3 is 2.43 bits per heavy atom. The number of hydrogen-bond acceptors (Lipinski definition) is 2. The molecule has 1 aromatic rings. The van der Waals surface area contributed by atoms with Gasteiger partial charge in [-0.3, -0.25) is 9.59 Å². The van der Waals surface area contributed by atoms with Crippen molar-refractivity contribution in [1.29, 1.82) is 0 Å². The fraction of sp³-hybridized carbons (Fsp3) is 0.467. The van der Waals surface area contributed by atoms with Crippen molar-refractivity contribution in [1.82, 2.24) is 5.32 Å². The van der Waals surface area contributed by atoms with Gasteiger partial charge in [0, 0.05) is 11.1 Å². The number of nitrogens with one attached hydrogen (secondary N) is 2. The summed E-state index contributed by atoms with van der Waals surface area (Å²) in [5.41, 5.74) is -0.826. The molecule has 0 aliphatic rings. The quantitative estimate of drug-likeness (QED) is 0.805. The molecule has 2 amide bonds. The molecule has 4 nitrogen and oxygen atoms in total. The highest BCUT2D eigenvalue weighted by Gasteiger charge is 2.36. The summed E-state index contributed by atoms with van der Waals surface area (Å²) >= 11 is 11.9. The van der Waals surface area contributed by atoms with Gasteiger partial charge in [0.05, 0.1) is 10.7 Å². The lowest BCUT2D eigenvalue weighted by Crippen LogP contribution is -2.47. The molecule has 0 heterocycles. The van der Waals surface area contributed by atoms with Crippen LogP contribution in [0.25, 0.3) is 0 Å². The van der Waals surface area contributed by atoms with Gasteiger partial charge in [0.25, 0.3) is 0 Å². The number of halogens is 2. The number of anilines is 1. The Balaban J connectivity index is 2.86. The monoisotopic (exact) mass is 330 g/mol. The van der Waals surface area contributed by atoms with Crippen LogP contribution in [-0.4, -0.2) is 17.9 Å². The molecule has 1 unspecified atom stereocenters. The van der Waals surface area contributed by atoms with Gasteiger partial charge in [-0.15, -0.1) is 0 Å². The molecule has 0 bridgehead atoms. The highest BCUT2D eigenvalue weighted by atomic mass is 35.5. The van der Waals surface area contributed by atoms with Crippen molar-refractivity contribution in [3.8, 4) is 0 Å². The van der Waals surface area contributed by atoms with Crippen LogP contribution in [0.15, 0.2) is 18.2 Å². The minimum absolute atomic E-state index is 0.0133. The summed E-state index contributed by atoms with van der Waals surface area (Å²) in [6.45, 7) is 6.99. The smallest absolute Gasteiger partial charge is 0.239 e. The van der Waals surface area contributed by atoms with E-state index in [4.69, 9.17) is 23.2 Å². The largest absolute Gasteiger partial charge is 0.353 e. The molecule has 0 radical (unpaired) electrons. The summed E-state index contributed by atoms with van der Waals surface area (Å²) in [6.07, 6.45) is 0.795. The SMILES string of the molecule is CCC(C)NC(=O)C(C)(C)C(=O)Nc1cc(Cl)ccc1Cl. The summed E-state index contributed by atoms with van der Waals surface area (Å²) in [4.78, 5) is 24.5. The van der Waals surface area contributed by atoms with Gasteiger partial charge in [-0.25, -0.2) is 0 Å². The predicted molar refractivity (Wildman–Crippen MR) is 86.8 cm³/mol. The van der Waals surface area contributed by atoms with E-state index in [-0.39, 0.29) is 11.9 Å². The molecule has 0 aliphatic carbocycles. The van der Waals surface area contributed by atoms with Gasteiger partial charge in [-0.1, -0.05) is 30.1 Å². The van der Waals surface area contributed by atoms with Gasteiger partial charge in [-0.05, 0) is 45.4 Å². The molecule has 116 valence electrons. The Labute approximate surface area is 135 Å². The first kappa shape index (κ1) is 17.8. The summed E-state index contributed by atoms with van der Waals surface area (Å²) in [6, 6.07) is 4.77. The minimum Gasteiger partial charge on any atom is -0.353 e. The molecular weight excluding hydrogens is 311 g/mol. The number of benzene rings is 1. The van der Waals surface area contributed by atoms with Gasteiger partial charge in [0.1, 0.15) is 5.41 Å². The first-order valence-corrected chi connectivity index (χ1v) is 7.51. The van der Waals surface area contributed by atoms with Crippen molar-refractivity contribution in [2.24, 2.45) is 5.41 Å². The second-order valence-electron chi connectivity index (χ2n) is 5.49. The van der Waals surface area contributed by atoms with E-state index in [1.54, 1.807) is 32.0 Å².